The summed E-state index contributed by atoms with van der Waals surface area (Å²) in [4.78, 5) is 0. The van der Waals surface area contributed by atoms with Crippen molar-refractivity contribution in [2.45, 2.75) is 45.3 Å². The van der Waals surface area contributed by atoms with Gasteiger partial charge < -0.3 is 10.8 Å². The predicted molar refractivity (Wildman–Crippen MR) is 39.2 cm³/mol. The molecule has 56 valence electrons. The van der Waals surface area contributed by atoms with Gasteiger partial charge in [0.2, 0.25) is 0 Å². The summed E-state index contributed by atoms with van der Waals surface area (Å²) in [5.41, 5.74) is 4.90. The summed E-state index contributed by atoms with van der Waals surface area (Å²) in [5.74, 6) is 0. The first-order chi connectivity index (χ1) is 3.98. The molecule has 0 aromatic carbocycles. The van der Waals surface area contributed by atoms with Gasteiger partial charge in [0.25, 0.3) is 0 Å². The maximum atomic E-state index is 9.29. The van der Waals surface area contributed by atoms with Gasteiger partial charge in [-0.15, -0.1) is 0 Å². The molecule has 9 heavy (non-hydrogen) atoms. The Bertz CT molecular complexity index is 75.5. The minimum Gasteiger partial charge on any atom is -0.389 e. The molecule has 0 amide bonds. The Morgan fingerprint density at radius 2 is 2.00 bits per heavy atom. The van der Waals surface area contributed by atoms with Crippen molar-refractivity contribution in [3.8, 4) is 0 Å². The standard InChI is InChI=1S/C7H17NO/c1-4-5-6(8)7(2,3)9/h6,9H,4-5,8H2,1-3H3. The number of hydrogen-bond acceptors (Lipinski definition) is 2. The van der Waals surface area contributed by atoms with Crippen molar-refractivity contribution < 1.29 is 5.11 Å². The highest BCUT2D eigenvalue weighted by Gasteiger charge is 2.21. The topological polar surface area (TPSA) is 46.2 Å². The Kier molecular flexibility index (Phi) is 3.15. The first-order valence-electron chi connectivity index (χ1n) is 3.46. The van der Waals surface area contributed by atoms with E-state index in [2.05, 4.69) is 6.92 Å². The lowest BCUT2D eigenvalue weighted by molar-refractivity contribution is 0.0488. The number of aliphatic hydroxyl groups is 1. The van der Waals surface area contributed by atoms with Crippen LogP contribution in [0.15, 0.2) is 0 Å². The molecule has 0 aliphatic rings. The van der Waals surface area contributed by atoms with Gasteiger partial charge in [0.05, 0.1) is 5.60 Å². The zero-order valence-electron chi connectivity index (χ0n) is 6.52. The van der Waals surface area contributed by atoms with Crippen LogP contribution in [-0.2, 0) is 0 Å². The molecule has 0 radical (unpaired) electrons. The van der Waals surface area contributed by atoms with Crippen LogP contribution < -0.4 is 5.73 Å². The Balaban J connectivity index is 3.59. The van der Waals surface area contributed by atoms with Gasteiger partial charge in [-0.3, -0.25) is 0 Å². The van der Waals surface area contributed by atoms with E-state index in [0.29, 0.717) is 0 Å². The van der Waals surface area contributed by atoms with Crippen molar-refractivity contribution in [1.82, 2.24) is 0 Å². The summed E-state index contributed by atoms with van der Waals surface area (Å²) in [7, 11) is 0. The van der Waals surface area contributed by atoms with E-state index < -0.39 is 5.60 Å². The Labute approximate surface area is 57.1 Å². The summed E-state index contributed by atoms with van der Waals surface area (Å²) in [5, 5.41) is 9.29. The fourth-order valence-corrected chi connectivity index (χ4v) is 0.664. The van der Waals surface area contributed by atoms with Crippen LogP contribution in [0, 0.1) is 0 Å². The molecule has 0 bridgehead atoms. The monoisotopic (exact) mass is 131 g/mol. The molecular formula is C7H17NO. The molecule has 0 spiro atoms. The molecule has 0 aliphatic heterocycles. The minimum absolute atomic E-state index is 0.0810. The van der Waals surface area contributed by atoms with Crippen LogP contribution in [0.2, 0.25) is 0 Å². The molecule has 1 unspecified atom stereocenters. The Hall–Kier alpha value is -0.0800. The largest absolute Gasteiger partial charge is 0.389 e. The van der Waals surface area contributed by atoms with E-state index in [0.717, 1.165) is 12.8 Å². The summed E-state index contributed by atoms with van der Waals surface area (Å²) in [6.07, 6.45) is 1.93. The van der Waals surface area contributed by atoms with Crippen LogP contribution in [0.1, 0.15) is 33.6 Å². The van der Waals surface area contributed by atoms with E-state index >= 15 is 0 Å². The van der Waals surface area contributed by atoms with Gasteiger partial charge in [0, 0.05) is 6.04 Å². The smallest absolute Gasteiger partial charge is 0.0741 e. The second-order valence-electron chi connectivity index (χ2n) is 3.05. The van der Waals surface area contributed by atoms with Crippen LogP contribution in [-0.4, -0.2) is 16.7 Å². The molecule has 0 fully saturated rings. The molecular weight excluding hydrogens is 114 g/mol. The van der Waals surface area contributed by atoms with Gasteiger partial charge in [0.1, 0.15) is 0 Å². The van der Waals surface area contributed by atoms with E-state index in [4.69, 9.17) is 5.73 Å². The van der Waals surface area contributed by atoms with E-state index in [1.165, 1.54) is 0 Å². The van der Waals surface area contributed by atoms with Crippen LogP contribution in [0.5, 0.6) is 0 Å². The van der Waals surface area contributed by atoms with Crippen molar-refractivity contribution in [2.75, 3.05) is 0 Å². The summed E-state index contributed by atoms with van der Waals surface area (Å²) in [6, 6.07) is -0.0810. The normalized spacial score (nSPS) is 15.7. The van der Waals surface area contributed by atoms with Gasteiger partial charge in [-0.2, -0.15) is 0 Å². The van der Waals surface area contributed by atoms with Crippen molar-refractivity contribution >= 4 is 0 Å². The fraction of sp³-hybridized carbons (Fsp3) is 1.00. The first kappa shape index (κ1) is 8.92. The van der Waals surface area contributed by atoms with Gasteiger partial charge in [-0.1, -0.05) is 13.3 Å². The van der Waals surface area contributed by atoms with Crippen molar-refractivity contribution in [3.63, 3.8) is 0 Å². The molecule has 0 rings (SSSR count). The zero-order valence-corrected chi connectivity index (χ0v) is 6.52. The molecule has 0 aliphatic carbocycles. The van der Waals surface area contributed by atoms with Crippen LogP contribution >= 0.6 is 0 Å². The second-order valence-corrected chi connectivity index (χ2v) is 3.05. The quantitative estimate of drug-likeness (QED) is 0.597. The van der Waals surface area contributed by atoms with E-state index in [1.54, 1.807) is 13.8 Å². The Morgan fingerprint density at radius 3 is 2.11 bits per heavy atom. The maximum Gasteiger partial charge on any atom is 0.0741 e. The Morgan fingerprint density at radius 1 is 1.56 bits per heavy atom. The zero-order chi connectivity index (χ0) is 7.49. The van der Waals surface area contributed by atoms with E-state index in [-0.39, 0.29) is 6.04 Å². The van der Waals surface area contributed by atoms with Crippen LogP contribution in [0.4, 0.5) is 0 Å². The lowest BCUT2D eigenvalue weighted by atomic mass is 9.96. The molecule has 3 N–H and O–H groups in total. The van der Waals surface area contributed by atoms with Crippen molar-refractivity contribution in [1.29, 1.82) is 0 Å². The molecule has 0 aromatic rings. The molecule has 0 saturated carbocycles. The van der Waals surface area contributed by atoms with Gasteiger partial charge in [0.15, 0.2) is 0 Å². The number of hydrogen-bond donors (Lipinski definition) is 2. The molecule has 1 atom stereocenters. The molecule has 0 heterocycles. The maximum absolute atomic E-state index is 9.29. The third-order valence-electron chi connectivity index (χ3n) is 1.51. The highest BCUT2D eigenvalue weighted by Crippen LogP contribution is 2.10. The molecule has 0 aromatic heterocycles. The predicted octanol–water partition coefficient (Wildman–Crippen LogP) is 0.885. The average Bonchev–Trinajstić information content (AvgIpc) is 1.64. The average molecular weight is 131 g/mol. The highest BCUT2D eigenvalue weighted by atomic mass is 16.3. The molecule has 0 saturated heterocycles. The molecule has 2 heteroatoms. The van der Waals surface area contributed by atoms with Crippen molar-refractivity contribution in [3.05, 3.63) is 0 Å². The summed E-state index contributed by atoms with van der Waals surface area (Å²) >= 11 is 0. The fourth-order valence-electron chi connectivity index (χ4n) is 0.664. The molecule has 2 nitrogen and oxygen atoms in total. The van der Waals surface area contributed by atoms with Gasteiger partial charge in [-0.05, 0) is 20.3 Å². The third-order valence-corrected chi connectivity index (χ3v) is 1.51. The lowest BCUT2D eigenvalue weighted by Gasteiger charge is -2.24. The second kappa shape index (κ2) is 3.18. The van der Waals surface area contributed by atoms with Crippen LogP contribution in [0.25, 0.3) is 0 Å². The number of rotatable bonds is 3. The van der Waals surface area contributed by atoms with Crippen LogP contribution in [0.3, 0.4) is 0 Å². The third kappa shape index (κ3) is 3.49. The van der Waals surface area contributed by atoms with Crippen molar-refractivity contribution in [2.24, 2.45) is 5.73 Å². The summed E-state index contributed by atoms with van der Waals surface area (Å²) in [6.45, 7) is 5.55. The van der Waals surface area contributed by atoms with E-state index in [9.17, 15) is 5.11 Å². The lowest BCUT2D eigenvalue weighted by Crippen LogP contribution is -2.42. The highest BCUT2D eigenvalue weighted by molar-refractivity contribution is 4.79. The van der Waals surface area contributed by atoms with Gasteiger partial charge >= 0.3 is 0 Å². The first-order valence-corrected chi connectivity index (χ1v) is 3.46. The SMILES string of the molecule is CCCC(N)C(C)(C)O. The van der Waals surface area contributed by atoms with E-state index in [1.807, 2.05) is 0 Å². The summed E-state index contributed by atoms with van der Waals surface area (Å²) < 4.78 is 0. The number of nitrogens with two attached hydrogens (primary N) is 1. The minimum atomic E-state index is -0.712. The van der Waals surface area contributed by atoms with Gasteiger partial charge in [-0.25, -0.2) is 0 Å².